The highest BCUT2D eigenvalue weighted by molar-refractivity contribution is 9.10. The van der Waals surface area contributed by atoms with E-state index in [4.69, 9.17) is 4.74 Å². The van der Waals surface area contributed by atoms with Crippen LogP contribution in [0.1, 0.15) is 23.6 Å². The number of nitrogens with zero attached hydrogens (tertiary/aromatic N) is 1. The molecule has 0 unspecified atom stereocenters. The minimum atomic E-state index is -0.438. The number of carbonyl (C=O) groups excluding carboxylic acids is 1. The number of anilines is 1. The summed E-state index contributed by atoms with van der Waals surface area (Å²) in [4.78, 5) is 12.4. The summed E-state index contributed by atoms with van der Waals surface area (Å²) in [5, 5.41) is 12.2. The van der Waals surface area contributed by atoms with Crippen LogP contribution in [0.4, 0.5) is 5.69 Å². The molecule has 0 saturated carbocycles. The fraction of sp³-hybridized carbons (Fsp3) is 0.200. The van der Waals surface area contributed by atoms with Gasteiger partial charge in [-0.05, 0) is 62.2 Å². The maximum Gasteiger partial charge on any atom is 0.266 e. The summed E-state index contributed by atoms with van der Waals surface area (Å²) in [7, 11) is 0. The number of rotatable bonds is 5. The van der Waals surface area contributed by atoms with Crippen molar-refractivity contribution in [3.63, 3.8) is 0 Å². The largest absolute Gasteiger partial charge is 0.494 e. The molecule has 1 N–H and O–H groups in total. The van der Waals surface area contributed by atoms with Crippen LogP contribution in [0.25, 0.3) is 6.08 Å². The van der Waals surface area contributed by atoms with Crippen LogP contribution in [-0.2, 0) is 4.79 Å². The predicted molar refractivity (Wildman–Crippen MR) is 103 cm³/mol. The molecular weight excluding hydrogens is 380 g/mol. The highest BCUT2D eigenvalue weighted by Crippen LogP contribution is 2.24. The molecule has 0 spiro atoms. The zero-order chi connectivity index (χ0) is 18.4. The first-order valence-electron chi connectivity index (χ1n) is 7.86. The van der Waals surface area contributed by atoms with Gasteiger partial charge in [-0.2, -0.15) is 5.26 Å². The van der Waals surface area contributed by atoms with E-state index in [1.807, 2.05) is 57.2 Å². The summed E-state index contributed by atoms with van der Waals surface area (Å²) in [6, 6.07) is 13.1. The van der Waals surface area contributed by atoms with Crippen LogP contribution in [0.2, 0.25) is 0 Å². The molecular formula is C20H19BrN2O2. The Labute approximate surface area is 156 Å². The molecule has 0 aromatic heterocycles. The van der Waals surface area contributed by atoms with Crippen molar-refractivity contribution in [2.24, 2.45) is 0 Å². The lowest BCUT2D eigenvalue weighted by Gasteiger charge is -2.09. The molecule has 128 valence electrons. The molecule has 2 aromatic carbocycles. The van der Waals surface area contributed by atoms with E-state index in [1.54, 1.807) is 12.1 Å². The number of aryl methyl sites for hydroxylation is 2. The molecule has 0 heterocycles. The van der Waals surface area contributed by atoms with E-state index in [0.29, 0.717) is 23.6 Å². The highest BCUT2D eigenvalue weighted by Gasteiger charge is 2.11. The van der Waals surface area contributed by atoms with Gasteiger partial charge in [-0.1, -0.05) is 33.6 Å². The van der Waals surface area contributed by atoms with E-state index in [9.17, 15) is 10.1 Å². The Bertz CT molecular complexity index is 866. The average Bonchev–Trinajstić information content (AvgIpc) is 2.55. The Kier molecular flexibility index (Phi) is 6.37. The fourth-order valence-corrected chi connectivity index (χ4v) is 2.87. The zero-order valence-corrected chi connectivity index (χ0v) is 16.0. The Morgan fingerprint density at radius 2 is 2.04 bits per heavy atom. The van der Waals surface area contributed by atoms with Gasteiger partial charge in [0.15, 0.2) is 0 Å². The van der Waals surface area contributed by atoms with E-state index >= 15 is 0 Å². The van der Waals surface area contributed by atoms with E-state index in [0.717, 1.165) is 15.6 Å². The zero-order valence-electron chi connectivity index (χ0n) is 14.4. The standard InChI is InChI=1S/C20H19BrN2O2/c1-4-25-18-10-15(9-17(21)11-18)8-16(12-22)20(24)23-19-6-5-13(2)7-14(19)3/h5-11H,4H2,1-3H3,(H,23,24)/b16-8+. The van der Waals surface area contributed by atoms with Crippen molar-refractivity contribution in [1.29, 1.82) is 5.26 Å². The summed E-state index contributed by atoms with van der Waals surface area (Å²) >= 11 is 3.41. The summed E-state index contributed by atoms with van der Waals surface area (Å²) in [6.45, 7) is 6.34. The van der Waals surface area contributed by atoms with Gasteiger partial charge >= 0.3 is 0 Å². The molecule has 0 atom stereocenters. The van der Waals surface area contributed by atoms with E-state index in [-0.39, 0.29) is 5.57 Å². The fourth-order valence-electron chi connectivity index (χ4n) is 2.38. The Morgan fingerprint density at radius 1 is 1.28 bits per heavy atom. The Morgan fingerprint density at radius 3 is 2.68 bits per heavy atom. The number of benzene rings is 2. The number of hydrogen-bond acceptors (Lipinski definition) is 3. The molecule has 5 heteroatoms. The molecule has 0 aliphatic rings. The second-order valence-corrected chi connectivity index (χ2v) is 6.51. The summed E-state index contributed by atoms with van der Waals surface area (Å²) < 4.78 is 6.30. The third-order valence-electron chi connectivity index (χ3n) is 3.51. The quantitative estimate of drug-likeness (QED) is 0.568. The molecule has 25 heavy (non-hydrogen) atoms. The van der Waals surface area contributed by atoms with Crippen LogP contribution in [0.5, 0.6) is 5.75 Å². The molecule has 0 saturated heterocycles. The molecule has 0 fully saturated rings. The van der Waals surface area contributed by atoms with Gasteiger partial charge in [-0.15, -0.1) is 0 Å². The van der Waals surface area contributed by atoms with Crippen LogP contribution in [-0.4, -0.2) is 12.5 Å². The van der Waals surface area contributed by atoms with Gasteiger partial charge in [0.1, 0.15) is 17.4 Å². The number of carbonyl (C=O) groups is 1. The number of nitrogens with one attached hydrogen (secondary N) is 1. The highest BCUT2D eigenvalue weighted by atomic mass is 79.9. The lowest BCUT2D eigenvalue weighted by atomic mass is 10.1. The monoisotopic (exact) mass is 398 g/mol. The first kappa shape index (κ1) is 18.8. The van der Waals surface area contributed by atoms with Gasteiger partial charge in [0.2, 0.25) is 0 Å². The number of nitriles is 1. The predicted octanol–water partition coefficient (Wildman–Crippen LogP) is 5.01. The first-order chi connectivity index (χ1) is 11.9. The molecule has 0 aliphatic carbocycles. The molecule has 1 amide bonds. The molecule has 2 rings (SSSR count). The number of halogens is 1. The van der Waals surface area contributed by atoms with Crippen LogP contribution < -0.4 is 10.1 Å². The third kappa shape index (κ3) is 5.20. The third-order valence-corrected chi connectivity index (χ3v) is 3.97. The van der Waals surface area contributed by atoms with Crippen molar-refractivity contribution in [3.8, 4) is 11.8 Å². The molecule has 0 aliphatic heterocycles. The van der Waals surface area contributed by atoms with Gasteiger partial charge in [0, 0.05) is 10.2 Å². The van der Waals surface area contributed by atoms with Gasteiger partial charge in [0.25, 0.3) is 5.91 Å². The average molecular weight is 399 g/mol. The topological polar surface area (TPSA) is 62.1 Å². The van der Waals surface area contributed by atoms with Crippen LogP contribution >= 0.6 is 15.9 Å². The van der Waals surface area contributed by atoms with Gasteiger partial charge in [0.05, 0.1) is 6.61 Å². The van der Waals surface area contributed by atoms with Crippen LogP contribution in [0.3, 0.4) is 0 Å². The molecule has 0 bridgehead atoms. The number of ether oxygens (including phenoxy) is 1. The van der Waals surface area contributed by atoms with Crippen molar-refractivity contribution < 1.29 is 9.53 Å². The smallest absolute Gasteiger partial charge is 0.266 e. The molecule has 4 nitrogen and oxygen atoms in total. The van der Waals surface area contributed by atoms with Crippen molar-refractivity contribution in [3.05, 3.63) is 63.1 Å². The second kappa shape index (κ2) is 8.50. The summed E-state index contributed by atoms with van der Waals surface area (Å²) in [5.74, 6) is 0.239. The number of hydrogen-bond donors (Lipinski definition) is 1. The van der Waals surface area contributed by atoms with E-state index in [2.05, 4.69) is 21.2 Å². The van der Waals surface area contributed by atoms with Gasteiger partial charge in [-0.3, -0.25) is 4.79 Å². The maximum atomic E-state index is 12.4. The summed E-state index contributed by atoms with van der Waals surface area (Å²) in [6.07, 6.45) is 1.55. The lowest BCUT2D eigenvalue weighted by Crippen LogP contribution is -2.14. The van der Waals surface area contributed by atoms with E-state index in [1.165, 1.54) is 0 Å². The molecule has 0 radical (unpaired) electrons. The summed E-state index contributed by atoms with van der Waals surface area (Å²) in [5.41, 5.74) is 3.50. The Hall–Kier alpha value is -2.58. The first-order valence-corrected chi connectivity index (χ1v) is 8.66. The van der Waals surface area contributed by atoms with Crippen molar-refractivity contribution >= 4 is 33.6 Å². The Balaban J connectivity index is 2.28. The molecule has 2 aromatic rings. The second-order valence-electron chi connectivity index (χ2n) is 5.60. The van der Waals surface area contributed by atoms with Gasteiger partial charge in [-0.25, -0.2) is 0 Å². The van der Waals surface area contributed by atoms with E-state index < -0.39 is 5.91 Å². The normalized spacial score (nSPS) is 10.9. The number of amides is 1. The van der Waals surface area contributed by atoms with Crippen LogP contribution in [0.15, 0.2) is 46.4 Å². The lowest BCUT2D eigenvalue weighted by molar-refractivity contribution is -0.112. The van der Waals surface area contributed by atoms with Crippen molar-refractivity contribution in [2.45, 2.75) is 20.8 Å². The van der Waals surface area contributed by atoms with Gasteiger partial charge < -0.3 is 10.1 Å². The van der Waals surface area contributed by atoms with Crippen molar-refractivity contribution in [2.75, 3.05) is 11.9 Å². The minimum Gasteiger partial charge on any atom is -0.494 e. The maximum absolute atomic E-state index is 12.4. The minimum absolute atomic E-state index is 0.0283. The van der Waals surface area contributed by atoms with Crippen molar-refractivity contribution in [1.82, 2.24) is 0 Å². The SMILES string of the molecule is CCOc1cc(Br)cc(/C=C(\C#N)C(=O)Nc2ccc(C)cc2C)c1. The van der Waals surface area contributed by atoms with Crippen LogP contribution in [0, 0.1) is 25.2 Å².